The van der Waals surface area contributed by atoms with E-state index in [1.165, 1.54) is 0 Å². The number of aromatic nitrogens is 1. The van der Waals surface area contributed by atoms with Crippen molar-refractivity contribution in [3.63, 3.8) is 0 Å². The summed E-state index contributed by atoms with van der Waals surface area (Å²) in [5.74, 6) is -0.239. The van der Waals surface area contributed by atoms with Crippen LogP contribution in [0, 0.1) is 5.92 Å². The Hall–Kier alpha value is -2.73. The zero-order valence-corrected chi connectivity index (χ0v) is 14.9. The number of esters is 1. The molecule has 1 aliphatic rings. The Balaban J connectivity index is 1.36. The lowest BCUT2D eigenvalue weighted by Gasteiger charge is -2.16. The minimum atomic E-state index is -0.379. The fourth-order valence-corrected chi connectivity index (χ4v) is 4.03. The maximum atomic E-state index is 12.4. The second kappa shape index (κ2) is 7.25. The van der Waals surface area contributed by atoms with Gasteiger partial charge in [-0.3, -0.25) is 9.78 Å². The minimum absolute atomic E-state index is 0.0322. The number of hydrogen-bond acceptors (Lipinski definition) is 5. The van der Waals surface area contributed by atoms with E-state index in [1.54, 1.807) is 23.7 Å². The molecule has 0 saturated carbocycles. The predicted molar refractivity (Wildman–Crippen MR) is 99.9 cm³/mol. The molecule has 4 rings (SSSR count). The number of fused-ring (bicyclic) bond motifs is 1. The van der Waals surface area contributed by atoms with E-state index < -0.39 is 0 Å². The van der Waals surface area contributed by atoms with Crippen LogP contribution in [-0.4, -0.2) is 34.9 Å². The number of likely N-dealkylation sites (tertiary alicyclic amines) is 1. The van der Waals surface area contributed by atoms with Crippen LogP contribution in [0.15, 0.2) is 54.2 Å². The predicted octanol–water partition coefficient (Wildman–Crippen LogP) is 3.50. The molecule has 1 amide bonds. The van der Waals surface area contributed by atoms with Crippen LogP contribution in [0.3, 0.4) is 0 Å². The third-order valence-electron chi connectivity index (χ3n) is 4.56. The molecule has 0 N–H and O–H groups in total. The summed E-state index contributed by atoms with van der Waals surface area (Å²) in [6.07, 6.45) is 3.70. The fraction of sp³-hybridized carbons (Fsp3) is 0.250. The SMILES string of the molecule is O=C(OCC1CC(=O)N(Cc2ccccc2)C1)c1cncc2sccc12. The summed E-state index contributed by atoms with van der Waals surface area (Å²) in [6.45, 7) is 1.46. The van der Waals surface area contributed by atoms with Gasteiger partial charge in [0, 0.05) is 43.2 Å². The molecular formula is C20H18N2O3S. The van der Waals surface area contributed by atoms with E-state index >= 15 is 0 Å². The van der Waals surface area contributed by atoms with Gasteiger partial charge in [-0.2, -0.15) is 0 Å². The number of rotatable bonds is 5. The summed E-state index contributed by atoms with van der Waals surface area (Å²) in [6, 6.07) is 11.8. The molecule has 5 nitrogen and oxygen atoms in total. The van der Waals surface area contributed by atoms with Crippen LogP contribution in [0.5, 0.6) is 0 Å². The summed E-state index contributed by atoms with van der Waals surface area (Å²) in [5, 5.41) is 2.79. The average molecular weight is 366 g/mol. The summed E-state index contributed by atoms with van der Waals surface area (Å²) >= 11 is 1.54. The van der Waals surface area contributed by atoms with Gasteiger partial charge in [-0.25, -0.2) is 4.79 Å². The topological polar surface area (TPSA) is 59.5 Å². The van der Waals surface area contributed by atoms with Crippen molar-refractivity contribution in [3.05, 3.63) is 65.3 Å². The molecule has 6 heteroatoms. The third kappa shape index (κ3) is 3.46. The highest BCUT2D eigenvalue weighted by Gasteiger charge is 2.30. The van der Waals surface area contributed by atoms with Crippen molar-refractivity contribution >= 4 is 33.3 Å². The number of amides is 1. The summed E-state index contributed by atoms with van der Waals surface area (Å²) in [5.41, 5.74) is 1.59. The Labute approximate surface area is 155 Å². The van der Waals surface area contributed by atoms with Gasteiger partial charge in [0.25, 0.3) is 0 Å². The van der Waals surface area contributed by atoms with E-state index in [1.807, 2.05) is 46.7 Å². The second-order valence-electron chi connectivity index (χ2n) is 6.45. The zero-order valence-electron chi connectivity index (χ0n) is 14.1. The first-order valence-electron chi connectivity index (χ1n) is 8.51. The van der Waals surface area contributed by atoms with Crippen LogP contribution in [-0.2, 0) is 16.1 Å². The van der Waals surface area contributed by atoms with Crippen molar-refractivity contribution in [2.24, 2.45) is 5.92 Å². The van der Waals surface area contributed by atoms with Gasteiger partial charge in [-0.05, 0) is 17.0 Å². The van der Waals surface area contributed by atoms with Gasteiger partial charge in [0.1, 0.15) is 0 Å². The summed E-state index contributed by atoms with van der Waals surface area (Å²) in [4.78, 5) is 30.6. The Bertz CT molecular complexity index is 938. The zero-order chi connectivity index (χ0) is 17.9. The quantitative estimate of drug-likeness (QED) is 0.649. The third-order valence-corrected chi connectivity index (χ3v) is 5.41. The number of benzene rings is 1. The molecule has 0 bridgehead atoms. The number of thiophene rings is 1. The molecule has 1 fully saturated rings. The smallest absolute Gasteiger partial charge is 0.340 e. The molecule has 0 spiro atoms. The van der Waals surface area contributed by atoms with Gasteiger partial charge >= 0.3 is 5.97 Å². The van der Waals surface area contributed by atoms with E-state index in [0.717, 1.165) is 15.6 Å². The highest BCUT2D eigenvalue weighted by atomic mass is 32.1. The maximum absolute atomic E-state index is 12.4. The molecule has 3 heterocycles. The summed E-state index contributed by atoms with van der Waals surface area (Å²) < 4.78 is 6.45. The molecule has 1 saturated heterocycles. The minimum Gasteiger partial charge on any atom is -0.462 e. The number of carbonyl (C=O) groups is 2. The van der Waals surface area contributed by atoms with Crippen LogP contribution in [0.25, 0.3) is 10.1 Å². The number of hydrogen-bond donors (Lipinski definition) is 0. The van der Waals surface area contributed by atoms with Crippen LogP contribution in [0.1, 0.15) is 22.3 Å². The highest BCUT2D eigenvalue weighted by molar-refractivity contribution is 7.17. The maximum Gasteiger partial charge on any atom is 0.340 e. The van der Waals surface area contributed by atoms with Crippen molar-refractivity contribution in [2.45, 2.75) is 13.0 Å². The van der Waals surface area contributed by atoms with E-state index in [4.69, 9.17) is 4.74 Å². The molecule has 0 radical (unpaired) electrons. The molecule has 1 unspecified atom stereocenters. The lowest BCUT2D eigenvalue weighted by molar-refractivity contribution is -0.128. The van der Waals surface area contributed by atoms with Gasteiger partial charge in [0.05, 0.1) is 16.9 Å². The van der Waals surface area contributed by atoms with Gasteiger partial charge < -0.3 is 9.64 Å². The standard InChI is InChI=1S/C20H18N2O3S/c23-19-8-15(12-22(19)11-14-4-2-1-3-5-14)13-25-20(24)17-9-21-10-18-16(17)6-7-26-18/h1-7,9-10,15H,8,11-13H2. The normalized spacial score (nSPS) is 17.0. The molecule has 1 aliphatic heterocycles. The average Bonchev–Trinajstić information content (AvgIpc) is 3.27. The fourth-order valence-electron chi connectivity index (χ4n) is 3.25. The van der Waals surface area contributed by atoms with Crippen LogP contribution in [0.2, 0.25) is 0 Å². The van der Waals surface area contributed by atoms with Crippen molar-refractivity contribution in [2.75, 3.05) is 13.2 Å². The van der Waals surface area contributed by atoms with Crippen LogP contribution in [0.4, 0.5) is 0 Å². The van der Waals surface area contributed by atoms with Crippen molar-refractivity contribution < 1.29 is 14.3 Å². The van der Waals surface area contributed by atoms with Gasteiger partial charge in [0.2, 0.25) is 5.91 Å². The molecule has 0 aliphatic carbocycles. The second-order valence-corrected chi connectivity index (χ2v) is 7.40. The first-order valence-corrected chi connectivity index (χ1v) is 9.38. The molecule has 132 valence electrons. The molecule has 26 heavy (non-hydrogen) atoms. The Kier molecular flexibility index (Phi) is 4.67. The highest BCUT2D eigenvalue weighted by Crippen LogP contribution is 2.25. The van der Waals surface area contributed by atoms with Gasteiger partial charge in [-0.1, -0.05) is 30.3 Å². The number of nitrogens with zero attached hydrogens (tertiary/aromatic N) is 2. The molecule has 2 aromatic heterocycles. The molecular weight excluding hydrogens is 348 g/mol. The molecule has 1 aromatic carbocycles. The molecule has 1 atom stereocenters. The lowest BCUT2D eigenvalue weighted by Crippen LogP contribution is -2.25. The van der Waals surface area contributed by atoms with Crippen LogP contribution < -0.4 is 0 Å². The first-order chi connectivity index (χ1) is 12.7. The monoisotopic (exact) mass is 366 g/mol. The van der Waals surface area contributed by atoms with Crippen molar-refractivity contribution in [1.82, 2.24) is 9.88 Å². The number of carbonyl (C=O) groups excluding carboxylic acids is 2. The summed E-state index contributed by atoms with van der Waals surface area (Å²) in [7, 11) is 0. The van der Waals surface area contributed by atoms with Crippen LogP contribution >= 0.6 is 11.3 Å². The first kappa shape index (κ1) is 16.7. The van der Waals surface area contributed by atoms with Crippen molar-refractivity contribution in [3.8, 4) is 0 Å². The Morgan fingerprint density at radius 3 is 2.92 bits per heavy atom. The van der Waals surface area contributed by atoms with E-state index in [-0.39, 0.29) is 24.4 Å². The van der Waals surface area contributed by atoms with E-state index in [9.17, 15) is 9.59 Å². The van der Waals surface area contributed by atoms with Gasteiger partial charge in [-0.15, -0.1) is 11.3 Å². The van der Waals surface area contributed by atoms with E-state index in [0.29, 0.717) is 25.1 Å². The lowest BCUT2D eigenvalue weighted by atomic mass is 10.1. The molecule has 3 aromatic rings. The van der Waals surface area contributed by atoms with Crippen molar-refractivity contribution in [1.29, 1.82) is 0 Å². The Morgan fingerprint density at radius 2 is 2.08 bits per heavy atom. The van der Waals surface area contributed by atoms with E-state index in [2.05, 4.69) is 4.98 Å². The van der Waals surface area contributed by atoms with Gasteiger partial charge in [0.15, 0.2) is 0 Å². The number of ether oxygens (including phenoxy) is 1. The number of pyridine rings is 1. The largest absolute Gasteiger partial charge is 0.462 e. The Morgan fingerprint density at radius 1 is 1.23 bits per heavy atom.